The average molecular weight is 398 g/mol. The maximum absolute atomic E-state index is 13.2. The normalized spacial score (nSPS) is 11.1. The number of nitrogens with zero attached hydrogens (tertiary/aromatic N) is 4. The van der Waals surface area contributed by atoms with Gasteiger partial charge >= 0.3 is 0 Å². The van der Waals surface area contributed by atoms with Gasteiger partial charge in [-0.25, -0.2) is 4.98 Å². The van der Waals surface area contributed by atoms with Gasteiger partial charge in [-0.15, -0.1) is 0 Å². The molecule has 3 rings (SSSR count). The second-order valence-corrected chi connectivity index (χ2v) is 7.73. The van der Waals surface area contributed by atoms with Gasteiger partial charge in [0.15, 0.2) is 5.13 Å². The number of hydrogen-bond acceptors (Lipinski definition) is 6. The summed E-state index contributed by atoms with van der Waals surface area (Å²) in [6.07, 6.45) is 0.931. The molecule has 0 fully saturated rings. The van der Waals surface area contributed by atoms with E-state index in [1.807, 2.05) is 31.1 Å². The quantitative estimate of drug-likeness (QED) is 0.444. The number of benzene rings is 2. The Bertz CT molecular complexity index is 1020. The summed E-state index contributed by atoms with van der Waals surface area (Å²) < 4.78 is 1.02. The van der Waals surface area contributed by atoms with Gasteiger partial charge in [0, 0.05) is 30.8 Å². The standard InChI is InChI=1S/C20H22N4O3S/c1-4-14-8-9-17-18(12-14)28-20(21-17)23(11-10-22(2)3)19(25)15-6-5-7-16(13-15)24(26)27/h5-9,12-13H,4,10-11H2,1-3H3. The van der Waals surface area contributed by atoms with Crippen molar-refractivity contribution in [2.24, 2.45) is 0 Å². The SMILES string of the molecule is CCc1ccc2nc(N(CCN(C)C)C(=O)c3cccc([N+](=O)[O-])c3)sc2c1. The van der Waals surface area contributed by atoms with E-state index in [0.717, 1.165) is 16.6 Å². The first kappa shape index (κ1) is 19.9. The van der Waals surface area contributed by atoms with Crippen LogP contribution in [0.3, 0.4) is 0 Å². The van der Waals surface area contributed by atoms with E-state index in [2.05, 4.69) is 18.0 Å². The van der Waals surface area contributed by atoms with E-state index >= 15 is 0 Å². The highest BCUT2D eigenvalue weighted by atomic mass is 32.1. The lowest BCUT2D eigenvalue weighted by atomic mass is 10.2. The third-order valence-corrected chi connectivity index (χ3v) is 5.44. The van der Waals surface area contributed by atoms with Gasteiger partial charge in [-0.3, -0.25) is 19.8 Å². The lowest BCUT2D eigenvalue weighted by molar-refractivity contribution is -0.384. The fourth-order valence-electron chi connectivity index (χ4n) is 2.78. The number of carbonyl (C=O) groups excluding carboxylic acids is 1. The zero-order valence-corrected chi connectivity index (χ0v) is 16.9. The lowest BCUT2D eigenvalue weighted by Gasteiger charge is -2.22. The first-order valence-corrected chi connectivity index (χ1v) is 9.81. The summed E-state index contributed by atoms with van der Waals surface area (Å²) in [7, 11) is 3.86. The number of thiazole rings is 1. The predicted molar refractivity (Wildman–Crippen MR) is 112 cm³/mol. The number of anilines is 1. The van der Waals surface area contributed by atoms with Gasteiger partial charge < -0.3 is 4.90 Å². The smallest absolute Gasteiger partial charge is 0.270 e. The zero-order valence-electron chi connectivity index (χ0n) is 16.1. The Morgan fingerprint density at radius 2 is 1.96 bits per heavy atom. The van der Waals surface area contributed by atoms with Gasteiger partial charge in [0.2, 0.25) is 0 Å². The minimum absolute atomic E-state index is 0.102. The van der Waals surface area contributed by atoms with Crippen molar-refractivity contribution in [1.29, 1.82) is 0 Å². The Morgan fingerprint density at radius 3 is 2.64 bits per heavy atom. The maximum Gasteiger partial charge on any atom is 0.270 e. The molecule has 0 bridgehead atoms. The fourth-order valence-corrected chi connectivity index (χ4v) is 3.84. The summed E-state index contributed by atoms with van der Waals surface area (Å²) in [5.41, 5.74) is 2.24. The number of likely N-dealkylation sites (N-methyl/N-ethyl adjacent to an activating group) is 1. The number of non-ortho nitro benzene ring substituents is 1. The molecule has 0 atom stereocenters. The molecule has 28 heavy (non-hydrogen) atoms. The van der Waals surface area contributed by atoms with E-state index in [9.17, 15) is 14.9 Å². The number of fused-ring (bicyclic) bond motifs is 1. The molecule has 2 aromatic carbocycles. The van der Waals surface area contributed by atoms with E-state index in [4.69, 9.17) is 0 Å². The van der Waals surface area contributed by atoms with E-state index in [1.165, 1.54) is 35.1 Å². The monoisotopic (exact) mass is 398 g/mol. The second-order valence-electron chi connectivity index (χ2n) is 6.72. The number of nitro groups is 1. The Kier molecular flexibility index (Phi) is 6.01. The molecule has 0 saturated carbocycles. The Balaban J connectivity index is 2.00. The van der Waals surface area contributed by atoms with Crippen LogP contribution in [0.4, 0.5) is 10.8 Å². The first-order chi connectivity index (χ1) is 13.4. The third-order valence-electron chi connectivity index (χ3n) is 4.40. The molecule has 0 saturated heterocycles. The van der Waals surface area contributed by atoms with Crippen LogP contribution < -0.4 is 4.90 Å². The molecule has 3 aromatic rings. The lowest BCUT2D eigenvalue weighted by Crippen LogP contribution is -2.36. The highest BCUT2D eigenvalue weighted by Gasteiger charge is 2.23. The highest BCUT2D eigenvalue weighted by molar-refractivity contribution is 7.22. The Morgan fingerprint density at radius 1 is 1.18 bits per heavy atom. The van der Waals surface area contributed by atoms with Crippen LogP contribution in [0.25, 0.3) is 10.2 Å². The molecule has 0 spiro atoms. The number of aromatic nitrogens is 1. The molecule has 146 valence electrons. The van der Waals surface area contributed by atoms with Crippen molar-refractivity contribution < 1.29 is 9.72 Å². The molecular weight excluding hydrogens is 376 g/mol. The molecule has 0 radical (unpaired) electrons. The van der Waals surface area contributed by atoms with E-state index in [1.54, 1.807) is 11.0 Å². The number of hydrogen-bond donors (Lipinski definition) is 0. The summed E-state index contributed by atoms with van der Waals surface area (Å²) in [6.45, 7) is 3.18. The third kappa shape index (κ3) is 4.35. The van der Waals surface area contributed by atoms with Crippen LogP contribution in [0, 0.1) is 10.1 Å². The van der Waals surface area contributed by atoms with Gasteiger partial charge in [-0.2, -0.15) is 0 Å². The average Bonchev–Trinajstić information content (AvgIpc) is 3.10. The molecule has 1 amide bonds. The van der Waals surface area contributed by atoms with Crippen molar-refractivity contribution in [1.82, 2.24) is 9.88 Å². The van der Waals surface area contributed by atoms with Gasteiger partial charge in [0.05, 0.1) is 15.1 Å². The van der Waals surface area contributed by atoms with Crippen molar-refractivity contribution in [3.63, 3.8) is 0 Å². The van der Waals surface area contributed by atoms with Gasteiger partial charge in [0.25, 0.3) is 11.6 Å². The molecule has 0 aliphatic carbocycles. The number of carbonyl (C=O) groups is 1. The second kappa shape index (κ2) is 8.45. The van der Waals surface area contributed by atoms with Gasteiger partial charge in [-0.05, 0) is 44.3 Å². The first-order valence-electron chi connectivity index (χ1n) is 8.99. The molecule has 0 aliphatic heterocycles. The largest absolute Gasteiger partial charge is 0.308 e. The van der Waals surface area contributed by atoms with Crippen LogP contribution in [-0.2, 0) is 6.42 Å². The minimum Gasteiger partial charge on any atom is -0.308 e. The number of amides is 1. The molecule has 0 aliphatic rings. The molecule has 0 N–H and O–H groups in total. The molecule has 1 heterocycles. The van der Waals surface area contributed by atoms with E-state index < -0.39 is 4.92 Å². The molecule has 0 unspecified atom stereocenters. The predicted octanol–water partition coefficient (Wildman–Crippen LogP) is 3.98. The number of nitro benzene ring substituents is 1. The minimum atomic E-state index is -0.495. The van der Waals surface area contributed by atoms with Crippen LogP contribution in [0.1, 0.15) is 22.8 Å². The molecule has 1 aromatic heterocycles. The summed E-state index contributed by atoms with van der Waals surface area (Å²) in [5.74, 6) is -0.291. The van der Waals surface area contributed by atoms with Gasteiger partial charge in [0.1, 0.15) is 0 Å². The van der Waals surface area contributed by atoms with Crippen LogP contribution >= 0.6 is 11.3 Å². The van der Waals surface area contributed by atoms with E-state index in [-0.39, 0.29) is 17.2 Å². The molecular formula is C20H22N4O3S. The van der Waals surface area contributed by atoms with Crippen LogP contribution in [0.2, 0.25) is 0 Å². The van der Waals surface area contributed by atoms with Crippen molar-refractivity contribution in [3.05, 3.63) is 63.7 Å². The zero-order chi connectivity index (χ0) is 20.3. The molecule has 8 heteroatoms. The molecule has 7 nitrogen and oxygen atoms in total. The highest BCUT2D eigenvalue weighted by Crippen LogP contribution is 2.31. The van der Waals surface area contributed by atoms with E-state index in [0.29, 0.717) is 18.2 Å². The number of aryl methyl sites for hydroxylation is 1. The van der Waals surface area contributed by atoms with Crippen molar-refractivity contribution in [3.8, 4) is 0 Å². The summed E-state index contributed by atoms with van der Waals surface area (Å²) in [4.78, 5) is 32.0. The fraction of sp³-hybridized carbons (Fsp3) is 0.300. The Labute approximate surface area is 167 Å². The van der Waals surface area contributed by atoms with Gasteiger partial charge in [-0.1, -0.05) is 30.4 Å². The Hall–Kier alpha value is -2.84. The van der Waals surface area contributed by atoms with Crippen LogP contribution in [-0.4, -0.2) is 47.9 Å². The topological polar surface area (TPSA) is 79.6 Å². The summed E-state index contributed by atoms with van der Waals surface area (Å²) in [5, 5.41) is 11.7. The van der Waals surface area contributed by atoms with Crippen molar-refractivity contribution in [2.75, 3.05) is 32.1 Å². The van der Waals surface area contributed by atoms with Crippen molar-refractivity contribution in [2.45, 2.75) is 13.3 Å². The summed E-state index contributed by atoms with van der Waals surface area (Å²) >= 11 is 1.46. The van der Waals surface area contributed by atoms with Crippen molar-refractivity contribution >= 4 is 38.3 Å². The number of rotatable bonds is 7. The maximum atomic E-state index is 13.2. The summed E-state index contributed by atoms with van der Waals surface area (Å²) in [6, 6.07) is 11.9. The van der Waals surface area contributed by atoms with Crippen LogP contribution in [0.5, 0.6) is 0 Å². The van der Waals surface area contributed by atoms with Crippen LogP contribution in [0.15, 0.2) is 42.5 Å².